The lowest BCUT2D eigenvalue weighted by Crippen LogP contribution is -2.28. The van der Waals surface area contributed by atoms with E-state index in [2.05, 4.69) is 15.0 Å². The van der Waals surface area contributed by atoms with Crippen molar-refractivity contribution in [3.63, 3.8) is 0 Å². The van der Waals surface area contributed by atoms with Gasteiger partial charge < -0.3 is 14.6 Å². The van der Waals surface area contributed by atoms with Crippen molar-refractivity contribution < 1.29 is 9.13 Å². The third-order valence-corrected chi connectivity index (χ3v) is 5.00. The van der Waals surface area contributed by atoms with E-state index in [0.29, 0.717) is 17.5 Å². The van der Waals surface area contributed by atoms with E-state index in [1.54, 1.807) is 43.7 Å². The van der Waals surface area contributed by atoms with E-state index in [-0.39, 0.29) is 11.9 Å². The summed E-state index contributed by atoms with van der Waals surface area (Å²) < 4.78 is 18.8. The second-order valence-electron chi connectivity index (χ2n) is 6.87. The zero-order chi connectivity index (χ0) is 20.2. The molecule has 1 saturated heterocycles. The molecule has 0 spiro atoms. The van der Waals surface area contributed by atoms with E-state index >= 15 is 0 Å². The molecule has 1 aliphatic rings. The second kappa shape index (κ2) is 8.26. The summed E-state index contributed by atoms with van der Waals surface area (Å²) in [5, 5.41) is 8.47. The minimum Gasteiger partial charge on any atom is -0.481 e. The number of imidazole rings is 1. The predicted molar refractivity (Wildman–Crippen MR) is 110 cm³/mol. The molecule has 0 aliphatic carbocycles. The molecular weight excluding hydrogens is 369 g/mol. The van der Waals surface area contributed by atoms with Crippen LogP contribution in [-0.4, -0.2) is 39.3 Å². The Hall–Kier alpha value is -3.48. The summed E-state index contributed by atoms with van der Waals surface area (Å²) in [6.07, 6.45) is 7.08. The normalized spacial score (nSPS) is 16.5. The van der Waals surface area contributed by atoms with Gasteiger partial charge in [-0.05, 0) is 48.8 Å². The average Bonchev–Trinajstić information content (AvgIpc) is 3.42. The molecule has 2 aromatic heterocycles. The van der Waals surface area contributed by atoms with Crippen LogP contribution in [0.1, 0.15) is 30.3 Å². The molecule has 0 saturated carbocycles. The molecule has 6 nitrogen and oxygen atoms in total. The Bertz CT molecular complexity index is 1040. The van der Waals surface area contributed by atoms with Crippen LogP contribution >= 0.6 is 0 Å². The maximum absolute atomic E-state index is 13.6. The number of aromatic amines is 1. The smallest absolute Gasteiger partial charge is 0.213 e. The maximum atomic E-state index is 13.6. The molecule has 2 N–H and O–H groups in total. The lowest BCUT2D eigenvalue weighted by molar-refractivity contribution is 0.398. The van der Waals surface area contributed by atoms with Gasteiger partial charge in [-0.15, -0.1) is 0 Å². The SMILES string of the molecule is COc1cccc(-c2cnc(/C=C\C(=N)N3CCCC3c3cccc(F)c3)[nH]2)n1. The Morgan fingerprint density at radius 1 is 1.31 bits per heavy atom. The van der Waals surface area contributed by atoms with Crippen molar-refractivity contribution >= 4 is 11.9 Å². The number of nitrogens with one attached hydrogen (secondary N) is 2. The predicted octanol–water partition coefficient (Wildman–Crippen LogP) is 4.45. The number of pyridine rings is 1. The fraction of sp³-hybridized carbons (Fsp3) is 0.227. The van der Waals surface area contributed by atoms with E-state index in [0.717, 1.165) is 36.3 Å². The number of benzene rings is 1. The van der Waals surface area contributed by atoms with Crippen LogP contribution in [0.4, 0.5) is 4.39 Å². The highest BCUT2D eigenvalue weighted by molar-refractivity contribution is 5.94. The summed E-state index contributed by atoms with van der Waals surface area (Å²) in [5.74, 6) is 1.31. The number of likely N-dealkylation sites (tertiary alicyclic amines) is 1. The molecule has 3 aromatic rings. The topological polar surface area (TPSA) is 77.9 Å². The van der Waals surface area contributed by atoms with Crippen molar-refractivity contribution in [2.45, 2.75) is 18.9 Å². The molecule has 0 amide bonds. The molecule has 29 heavy (non-hydrogen) atoms. The van der Waals surface area contributed by atoms with Gasteiger partial charge in [0.1, 0.15) is 17.5 Å². The highest BCUT2D eigenvalue weighted by atomic mass is 19.1. The zero-order valence-electron chi connectivity index (χ0n) is 16.1. The zero-order valence-corrected chi connectivity index (χ0v) is 16.1. The van der Waals surface area contributed by atoms with Crippen LogP contribution in [0, 0.1) is 11.2 Å². The third kappa shape index (κ3) is 4.18. The molecular formula is C22H22FN5O. The molecule has 1 aliphatic heterocycles. The van der Waals surface area contributed by atoms with Crippen molar-refractivity contribution in [1.82, 2.24) is 19.9 Å². The molecule has 1 fully saturated rings. The van der Waals surface area contributed by atoms with E-state index in [4.69, 9.17) is 10.1 Å². The molecule has 7 heteroatoms. The van der Waals surface area contributed by atoms with Gasteiger partial charge in [0, 0.05) is 12.6 Å². The highest BCUT2D eigenvalue weighted by Gasteiger charge is 2.27. The highest BCUT2D eigenvalue weighted by Crippen LogP contribution is 2.32. The fourth-order valence-electron chi connectivity index (χ4n) is 3.60. The quantitative estimate of drug-likeness (QED) is 0.498. The van der Waals surface area contributed by atoms with Gasteiger partial charge in [0.2, 0.25) is 5.88 Å². The first-order chi connectivity index (χ1) is 14.1. The minimum absolute atomic E-state index is 0.0241. The van der Waals surface area contributed by atoms with Crippen LogP contribution in [-0.2, 0) is 0 Å². The van der Waals surface area contributed by atoms with Crippen molar-refractivity contribution in [3.8, 4) is 17.3 Å². The van der Waals surface area contributed by atoms with Gasteiger partial charge in [0.25, 0.3) is 0 Å². The van der Waals surface area contributed by atoms with Crippen LogP contribution < -0.4 is 4.74 Å². The van der Waals surface area contributed by atoms with E-state index in [1.807, 2.05) is 23.1 Å². The van der Waals surface area contributed by atoms with Gasteiger partial charge in [0.15, 0.2) is 0 Å². The van der Waals surface area contributed by atoms with Gasteiger partial charge >= 0.3 is 0 Å². The van der Waals surface area contributed by atoms with Crippen LogP contribution in [0.15, 0.2) is 54.7 Å². The summed E-state index contributed by atoms with van der Waals surface area (Å²) in [7, 11) is 1.58. The maximum Gasteiger partial charge on any atom is 0.213 e. The first kappa shape index (κ1) is 18.9. The van der Waals surface area contributed by atoms with Crippen LogP contribution in [0.3, 0.4) is 0 Å². The Kier molecular flexibility index (Phi) is 5.37. The minimum atomic E-state index is -0.245. The molecule has 3 heterocycles. The second-order valence-corrected chi connectivity index (χ2v) is 6.87. The van der Waals surface area contributed by atoms with Crippen LogP contribution in [0.5, 0.6) is 5.88 Å². The first-order valence-corrected chi connectivity index (χ1v) is 9.49. The number of nitrogens with zero attached hydrogens (tertiary/aromatic N) is 3. The molecule has 1 aromatic carbocycles. The number of rotatable bonds is 5. The number of H-pyrrole nitrogens is 1. The monoisotopic (exact) mass is 391 g/mol. The summed E-state index contributed by atoms with van der Waals surface area (Å²) in [5.41, 5.74) is 2.41. The van der Waals surface area contributed by atoms with Gasteiger partial charge in [-0.2, -0.15) is 0 Å². The van der Waals surface area contributed by atoms with Gasteiger partial charge in [-0.25, -0.2) is 14.4 Å². The Labute approximate surface area is 168 Å². The molecule has 1 unspecified atom stereocenters. The summed E-state index contributed by atoms with van der Waals surface area (Å²) in [4.78, 5) is 13.9. The molecule has 0 radical (unpaired) electrons. The number of aromatic nitrogens is 3. The van der Waals surface area contributed by atoms with E-state index in [9.17, 15) is 4.39 Å². The average molecular weight is 391 g/mol. The lowest BCUT2D eigenvalue weighted by Gasteiger charge is -2.26. The molecule has 4 rings (SSSR count). The standard InChI is InChI=1S/C22H22FN5O/c1-29-22-9-3-7-17(27-22)18-14-25-21(26-18)11-10-20(24)28-12-4-8-19(28)15-5-2-6-16(23)13-15/h2-3,5-7,9-11,13-14,19,24H,4,8,12H2,1H3,(H,25,26)/b11-10-,24-20?. The number of amidine groups is 1. The van der Waals surface area contributed by atoms with Gasteiger partial charge in [0.05, 0.1) is 30.7 Å². The number of hydrogen-bond acceptors (Lipinski definition) is 4. The van der Waals surface area contributed by atoms with Crippen molar-refractivity contribution in [2.75, 3.05) is 13.7 Å². The largest absolute Gasteiger partial charge is 0.481 e. The van der Waals surface area contributed by atoms with Crippen molar-refractivity contribution in [2.24, 2.45) is 0 Å². The summed E-state index contributed by atoms with van der Waals surface area (Å²) >= 11 is 0. The molecule has 0 bridgehead atoms. The first-order valence-electron chi connectivity index (χ1n) is 9.49. The number of hydrogen-bond donors (Lipinski definition) is 2. The van der Waals surface area contributed by atoms with Crippen molar-refractivity contribution in [1.29, 1.82) is 5.41 Å². The van der Waals surface area contributed by atoms with Gasteiger partial charge in [-0.3, -0.25) is 5.41 Å². The number of methoxy groups -OCH3 is 1. The fourth-order valence-corrected chi connectivity index (χ4v) is 3.60. The van der Waals surface area contributed by atoms with E-state index in [1.165, 1.54) is 6.07 Å². The molecule has 148 valence electrons. The lowest BCUT2D eigenvalue weighted by atomic mass is 10.0. The summed E-state index contributed by atoms with van der Waals surface area (Å²) in [6, 6.07) is 12.2. The number of ether oxygens (including phenoxy) is 1. The third-order valence-electron chi connectivity index (χ3n) is 5.00. The van der Waals surface area contributed by atoms with E-state index < -0.39 is 0 Å². The summed E-state index contributed by atoms with van der Waals surface area (Å²) in [6.45, 7) is 0.779. The Balaban J connectivity index is 1.47. The Morgan fingerprint density at radius 3 is 3.00 bits per heavy atom. The number of halogens is 1. The van der Waals surface area contributed by atoms with Crippen molar-refractivity contribution in [3.05, 3.63) is 71.9 Å². The van der Waals surface area contributed by atoms with Gasteiger partial charge in [-0.1, -0.05) is 18.2 Å². The van der Waals surface area contributed by atoms with Crippen LogP contribution in [0.2, 0.25) is 0 Å². The Morgan fingerprint density at radius 2 is 2.17 bits per heavy atom. The van der Waals surface area contributed by atoms with Crippen LogP contribution in [0.25, 0.3) is 17.5 Å². The molecule has 1 atom stereocenters.